The minimum atomic E-state index is -0.580. The summed E-state index contributed by atoms with van der Waals surface area (Å²) in [5, 5.41) is 6.90. The van der Waals surface area contributed by atoms with Gasteiger partial charge in [-0.1, -0.05) is 41.3 Å². The highest BCUT2D eigenvalue weighted by Crippen LogP contribution is 2.38. The van der Waals surface area contributed by atoms with E-state index in [1.54, 1.807) is 36.7 Å². The van der Waals surface area contributed by atoms with Gasteiger partial charge >= 0.3 is 6.03 Å². The first-order valence-electron chi connectivity index (χ1n) is 9.07. The quantitative estimate of drug-likeness (QED) is 0.394. The summed E-state index contributed by atoms with van der Waals surface area (Å²) in [7, 11) is 1.48. The lowest BCUT2D eigenvalue weighted by molar-refractivity contribution is 0.0997. The lowest BCUT2D eigenvalue weighted by Crippen LogP contribution is -2.18. The van der Waals surface area contributed by atoms with Crippen LogP contribution in [0.2, 0.25) is 0 Å². The van der Waals surface area contributed by atoms with Gasteiger partial charge in [0.25, 0.3) is 5.91 Å². The highest BCUT2D eigenvalue weighted by molar-refractivity contribution is 8.01. The molecular formula is C21H17N5O3S2. The number of thiazole rings is 1. The Morgan fingerprint density at radius 3 is 2.65 bits per heavy atom. The number of ether oxygens (including phenoxy) is 1. The molecule has 31 heavy (non-hydrogen) atoms. The number of amides is 3. The molecule has 2 aromatic carbocycles. The number of fused-ring (bicyclic) bond motifs is 1. The van der Waals surface area contributed by atoms with Crippen molar-refractivity contribution in [1.82, 2.24) is 9.97 Å². The Morgan fingerprint density at radius 2 is 1.90 bits per heavy atom. The SMILES string of the molecule is COc1cc2nccc(Sc3ncc(NC(=O)Nc4ccccc4)s3)c2cc1C(N)=O. The number of rotatable bonds is 6. The van der Waals surface area contributed by atoms with Crippen LogP contribution in [0.4, 0.5) is 15.5 Å². The van der Waals surface area contributed by atoms with Crippen LogP contribution in [0.1, 0.15) is 10.4 Å². The third-order valence-electron chi connectivity index (χ3n) is 4.24. The van der Waals surface area contributed by atoms with Gasteiger partial charge in [0.05, 0.1) is 24.4 Å². The number of aromatic nitrogens is 2. The first-order chi connectivity index (χ1) is 15.0. The maximum atomic E-state index is 12.2. The Kier molecular flexibility index (Phi) is 6.01. The fourth-order valence-electron chi connectivity index (χ4n) is 2.85. The average Bonchev–Trinajstić information content (AvgIpc) is 3.20. The molecule has 156 valence electrons. The van der Waals surface area contributed by atoms with E-state index in [9.17, 15) is 9.59 Å². The summed E-state index contributed by atoms with van der Waals surface area (Å²) in [6.07, 6.45) is 3.27. The van der Waals surface area contributed by atoms with Gasteiger partial charge in [-0.3, -0.25) is 15.1 Å². The third kappa shape index (κ3) is 4.76. The number of nitrogens with zero attached hydrogens (tertiary/aromatic N) is 2. The monoisotopic (exact) mass is 451 g/mol. The van der Waals surface area contributed by atoms with Crippen LogP contribution in [0, 0.1) is 0 Å². The van der Waals surface area contributed by atoms with E-state index < -0.39 is 5.91 Å². The zero-order valence-corrected chi connectivity index (χ0v) is 17.9. The second kappa shape index (κ2) is 9.02. The van der Waals surface area contributed by atoms with E-state index in [1.807, 2.05) is 24.3 Å². The van der Waals surface area contributed by atoms with Crippen molar-refractivity contribution in [1.29, 1.82) is 0 Å². The summed E-state index contributed by atoms with van der Waals surface area (Å²) in [5.74, 6) is -0.205. The standard InChI is InChI=1S/C21H17N5O3S2/c1-29-16-10-15-13(9-14(16)19(22)27)17(7-8-23-15)30-21-24-11-18(31-21)26-20(28)25-12-5-3-2-4-6-12/h2-11H,1H3,(H2,22,27)(H2,25,26,28). The molecule has 2 aromatic heterocycles. The number of methoxy groups -OCH3 is 1. The van der Waals surface area contributed by atoms with E-state index in [1.165, 1.54) is 30.2 Å². The molecule has 0 fully saturated rings. The van der Waals surface area contributed by atoms with Crippen molar-refractivity contribution in [3.8, 4) is 5.75 Å². The maximum Gasteiger partial charge on any atom is 0.324 e. The number of primary amides is 1. The molecule has 0 saturated heterocycles. The van der Waals surface area contributed by atoms with Crippen molar-refractivity contribution in [3.05, 3.63) is 66.5 Å². The van der Waals surface area contributed by atoms with Crippen LogP contribution in [0.15, 0.2) is 70.2 Å². The molecule has 4 rings (SSSR count). The first kappa shape index (κ1) is 20.6. The topological polar surface area (TPSA) is 119 Å². The number of para-hydroxylation sites is 1. The fraction of sp³-hybridized carbons (Fsp3) is 0.0476. The van der Waals surface area contributed by atoms with Gasteiger partial charge in [0.15, 0.2) is 4.34 Å². The number of hydrogen-bond acceptors (Lipinski definition) is 7. The Hall–Kier alpha value is -3.63. The van der Waals surface area contributed by atoms with Crippen LogP contribution in [0.3, 0.4) is 0 Å². The van der Waals surface area contributed by atoms with Crippen LogP contribution < -0.4 is 21.1 Å². The van der Waals surface area contributed by atoms with Crippen LogP contribution >= 0.6 is 23.1 Å². The van der Waals surface area contributed by atoms with Crippen molar-refractivity contribution < 1.29 is 14.3 Å². The van der Waals surface area contributed by atoms with Crippen molar-refractivity contribution in [3.63, 3.8) is 0 Å². The number of urea groups is 1. The molecule has 0 radical (unpaired) electrons. The smallest absolute Gasteiger partial charge is 0.324 e. The van der Waals surface area contributed by atoms with Crippen LogP contribution in [-0.4, -0.2) is 29.0 Å². The lowest BCUT2D eigenvalue weighted by Gasteiger charge is -2.09. The molecule has 0 aliphatic heterocycles. The summed E-state index contributed by atoms with van der Waals surface area (Å²) < 4.78 is 5.97. The van der Waals surface area contributed by atoms with Gasteiger partial charge in [-0.2, -0.15) is 0 Å². The van der Waals surface area contributed by atoms with Crippen molar-refractivity contribution >= 4 is 56.6 Å². The molecule has 0 atom stereocenters. The highest BCUT2D eigenvalue weighted by Gasteiger charge is 2.15. The highest BCUT2D eigenvalue weighted by atomic mass is 32.2. The molecule has 0 aliphatic rings. The Morgan fingerprint density at radius 1 is 1.10 bits per heavy atom. The van der Waals surface area contributed by atoms with E-state index in [4.69, 9.17) is 10.5 Å². The molecule has 0 unspecified atom stereocenters. The Balaban J connectivity index is 1.53. The number of hydrogen-bond donors (Lipinski definition) is 3. The van der Waals surface area contributed by atoms with Crippen molar-refractivity contribution in [2.75, 3.05) is 17.7 Å². The number of carbonyl (C=O) groups is 2. The number of benzene rings is 2. The number of nitrogens with one attached hydrogen (secondary N) is 2. The molecule has 0 saturated carbocycles. The first-order valence-corrected chi connectivity index (χ1v) is 10.7. The second-order valence-electron chi connectivity index (χ2n) is 6.28. The molecule has 0 spiro atoms. The normalized spacial score (nSPS) is 10.6. The van der Waals surface area contributed by atoms with Gasteiger partial charge in [0.1, 0.15) is 10.8 Å². The summed E-state index contributed by atoms with van der Waals surface area (Å²) in [5.41, 5.74) is 7.14. The van der Waals surface area contributed by atoms with E-state index in [0.29, 0.717) is 22.0 Å². The van der Waals surface area contributed by atoms with E-state index in [0.717, 1.165) is 14.6 Å². The largest absolute Gasteiger partial charge is 0.496 e. The number of carbonyl (C=O) groups excluding carboxylic acids is 2. The van der Waals surface area contributed by atoms with E-state index in [2.05, 4.69) is 20.6 Å². The van der Waals surface area contributed by atoms with Gasteiger partial charge in [-0.15, -0.1) is 0 Å². The molecule has 0 aliphatic carbocycles. The molecule has 8 nitrogen and oxygen atoms in total. The zero-order valence-electron chi connectivity index (χ0n) is 16.3. The predicted molar refractivity (Wildman–Crippen MR) is 122 cm³/mol. The van der Waals surface area contributed by atoms with Crippen molar-refractivity contribution in [2.24, 2.45) is 5.73 Å². The minimum Gasteiger partial charge on any atom is -0.496 e. The van der Waals surface area contributed by atoms with E-state index >= 15 is 0 Å². The lowest BCUT2D eigenvalue weighted by atomic mass is 10.1. The zero-order chi connectivity index (χ0) is 21.8. The molecule has 2 heterocycles. The van der Waals surface area contributed by atoms with Gasteiger partial charge in [0, 0.05) is 28.2 Å². The minimum absolute atomic E-state index is 0.281. The molecule has 4 N–H and O–H groups in total. The van der Waals surface area contributed by atoms with Crippen LogP contribution in [0.25, 0.3) is 10.9 Å². The average molecular weight is 452 g/mol. The summed E-state index contributed by atoms with van der Waals surface area (Å²) in [6.45, 7) is 0. The van der Waals surface area contributed by atoms with E-state index in [-0.39, 0.29) is 11.6 Å². The second-order valence-corrected chi connectivity index (χ2v) is 8.60. The van der Waals surface area contributed by atoms with Crippen LogP contribution in [-0.2, 0) is 0 Å². The molecule has 4 aromatic rings. The predicted octanol–water partition coefficient (Wildman–Crippen LogP) is 4.59. The fourth-order valence-corrected chi connectivity index (χ4v) is 4.80. The summed E-state index contributed by atoms with van der Waals surface area (Å²) in [6, 6.07) is 14.0. The molecule has 3 amide bonds. The van der Waals surface area contributed by atoms with Crippen molar-refractivity contribution in [2.45, 2.75) is 9.24 Å². The number of pyridine rings is 1. The third-order valence-corrected chi connectivity index (χ3v) is 6.30. The van der Waals surface area contributed by atoms with Crippen LogP contribution in [0.5, 0.6) is 5.75 Å². The number of anilines is 2. The van der Waals surface area contributed by atoms with Gasteiger partial charge in [0.2, 0.25) is 0 Å². The summed E-state index contributed by atoms with van der Waals surface area (Å²) in [4.78, 5) is 33.5. The molecule has 10 heteroatoms. The molecule has 0 bridgehead atoms. The Bertz CT molecular complexity index is 1260. The van der Waals surface area contributed by atoms with Gasteiger partial charge < -0.3 is 15.8 Å². The summed E-state index contributed by atoms with van der Waals surface area (Å²) >= 11 is 2.74. The number of nitrogens with two attached hydrogens (primary N) is 1. The maximum absolute atomic E-state index is 12.2. The van der Waals surface area contributed by atoms with Gasteiger partial charge in [-0.25, -0.2) is 9.78 Å². The molecular weight excluding hydrogens is 434 g/mol. The van der Waals surface area contributed by atoms with Gasteiger partial charge in [-0.05, 0) is 24.3 Å². The Labute approximate surface area is 185 Å².